The lowest BCUT2D eigenvalue weighted by molar-refractivity contribution is -0.290. The molecule has 4 amide bonds. The summed E-state index contributed by atoms with van der Waals surface area (Å²) in [5.41, 5.74) is -2.59. The molecule has 702 valence electrons. The molecule has 0 fully saturated rings. The molecule has 20 nitrogen and oxygen atoms in total. The summed E-state index contributed by atoms with van der Waals surface area (Å²) in [5.74, 6) is -7.37. The normalized spacial score (nSPS) is 13.6. The molecule has 0 radical (unpaired) electrons. The number of aromatic carboxylic acids is 1. The summed E-state index contributed by atoms with van der Waals surface area (Å²) in [4.78, 5) is 152. The minimum atomic E-state index is -5.79. The number of benzene rings is 12. The highest BCUT2D eigenvalue weighted by atomic mass is 19.4. The minimum Gasteiger partial charge on any atom is -0.478 e. The van der Waals surface area contributed by atoms with Crippen molar-refractivity contribution in [3.63, 3.8) is 0 Å². The van der Waals surface area contributed by atoms with Crippen molar-refractivity contribution in [2.75, 3.05) is 23.4 Å². The Morgan fingerprint density at radius 1 is 0.328 bits per heavy atom. The van der Waals surface area contributed by atoms with Gasteiger partial charge in [-0.3, -0.25) is 33.7 Å². The van der Waals surface area contributed by atoms with Gasteiger partial charge in [0, 0.05) is 42.4 Å². The minimum absolute atomic E-state index is 0.0282. The molecule has 0 spiro atoms. The smallest absolute Gasteiger partial charge is 0.411 e. The van der Waals surface area contributed by atoms with E-state index in [4.69, 9.17) is 21.1 Å². The van der Waals surface area contributed by atoms with Gasteiger partial charge in [0.1, 0.15) is 0 Å². The molecule has 4 aliphatic rings. The number of amides is 4. The molecular formula is C99H64F18N4O16. The van der Waals surface area contributed by atoms with Crippen molar-refractivity contribution in [1.29, 1.82) is 0 Å². The van der Waals surface area contributed by atoms with E-state index in [1.54, 1.807) is 50.2 Å². The Morgan fingerprint density at radius 2 is 0.606 bits per heavy atom. The Bertz CT molecular complexity index is 6720. The SMILES string of the molecule is CCC(=O)c1ccc(-c2ccc(C(=O)Cc3ccc(C(c4ccc(C)cc4)(C(F)(F)F)C(F)(F)F)cc3)cc2)cc1C(=O)O.Cc1ccc(C(c2ccc(N3C(=O)c4ccc(-c5ccc6c(c5)C(=O)N(C)C6=O)cc4C3=O)cc2)(C(F)(F)F)C(F)(F)F)cc1.Nc1ccc(C(c2ccc(N)cc2)(C(F)(F)F)C(F)(F)F)cc1.O=C1OC(=O)c2cc(-c3ccc4c(c3)C(=O)OC4=O)ccc21.O=C=O. The van der Waals surface area contributed by atoms with Gasteiger partial charge in [0.05, 0.1) is 55.8 Å². The van der Waals surface area contributed by atoms with Crippen molar-refractivity contribution in [3.05, 3.63) is 372 Å². The van der Waals surface area contributed by atoms with Crippen LogP contribution in [0.25, 0.3) is 33.4 Å². The van der Waals surface area contributed by atoms with Gasteiger partial charge in [0.25, 0.3) is 23.6 Å². The zero-order valence-electron chi connectivity index (χ0n) is 70.7. The summed E-state index contributed by atoms with van der Waals surface area (Å²) < 4.78 is 264. The Morgan fingerprint density at radius 3 is 0.956 bits per heavy atom. The van der Waals surface area contributed by atoms with Gasteiger partial charge in [-0.05, 0) is 183 Å². The number of nitrogens with zero attached hydrogens (tertiary/aromatic N) is 2. The van der Waals surface area contributed by atoms with Gasteiger partial charge in [-0.1, -0.05) is 182 Å². The van der Waals surface area contributed by atoms with E-state index in [1.807, 2.05) is 0 Å². The number of hydrogen-bond acceptors (Lipinski definition) is 17. The van der Waals surface area contributed by atoms with Gasteiger partial charge in [0.15, 0.2) is 11.6 Å². The number of ether oxygens (including phenoxy) is 2. The predicted molar refractivity (Wildman–Crippen MR) is 453 cm³/mol. The maximum atomic E-state index is 14.5. The van der Waals surface area contributed by atoms with Gasteiger partial charge in [-0.15, -0.1) is 0 Å². The second kappa shape index (κ2) is 37.6. The molecule has 0 saturated carbocycles. The lowest BCUT2D eigenvalue weighted by Crippen LogP contribution is -2.54. The van der Waals surface area contributed by atoms with Gasteiger partial charge in [0.2, 0.25) is 16.2 Å². The predicted octanol–water partition coefficient (Wildman–Crippen LogP) is 21.5. The summed E-state index contributed by atoms with van der Waals surface area (Å²) in [5, 5.41) is 9.54. The zero-order valence-corrected chi connectivity index (χ0v) is 70.7. The molecular weight excluding hydrogens is 1840 g/mol. The Balaban J connectivity index is 0.000000170. The van der Waals surface area contributed by atoms with Crippen LogP contribution in [0.2, 0.25) is 0 Å². The summed E-state index contributed by atoms with van der Waals surface area (Å²) in [6, 6.07) is 50.0. The van der Waals surface area contributed by atoms with Gasteiger partial charge in [-0.25, -0.2) is 28.9 Å². The molecule has 0 saturated heterocycles. The molecule has 0 aliphatic carbocycles. The van der Waals surface area contributed by atoms with E-state index in [0.717, 1.165) is 126 Å². The number of alkyl halides is 18. The number of carbonyl (C=O) groups is 11. The number of fused-ring (bicyclic) bond motifs is 4. The number of imide groups is 2. The summed E-state index contributed by atoms with van der Waals surface area (Å²) in [6.45, 7) is 4.70. The molecule has 4 heterocycles. The molecule has 0 atom stereocenters. The van der Waals surface area contributed by atoms with Crippen LogP contribution in [0.3, 0.4) is 0 Å². The van der Waals surface area contributed by atoms with Crippen LogP contribution in [-0.4, -0.2) is 125 Å². The third kappa shape index (κ3) is 18.6. The first-order valence-corrected chi connectivity index (χ1v) is 39.9. The average Bonchev–Trinajstić information content (AvgIpc) is 1.70. The van der Waals surface area contributed by atoms with Crippen LogP contribution in [0, 0.1) is 13.8 Å². The molecule has 12 aromatic carbocycles. The summed E-state index contributed by atoms with van der Waals surface area (Å²) in [6.07, 6.45) is -34.1. The van der Waals surface area contributed by atoms with E-state index in [-0.39, 0.29) is 109 Å². The van der Waals surface area contributed by atoms with Gasteiger partial charge < -0.3 is 26.0 Å². The number of Topliss-reactive ketones (excluding diaryl/α,β-unsaturated/α-hetero) is 2. The summed E-state index contributed by atoms with van der Waals surface area (Å²) >= 11 is 0. The fraction of sp³-hybridized carbons (Fsp3) is 0.152. The number of cyclic esters (lactones) is 4. The van der Waals surface area contributed by atoms with Crippen molar-refractivity contribution in [2.45, 2.75) is 86.9 Å². The van der Waals surface area contributed by atoms with Crippen molar-refractivity contribution in [2.24, 2.45) is 0 Å². The molecule has 16 rings (SSSR count). The fourth-order valence-corrected chi connectivity index (χ4v) is 15.9. The van der Waals surface area contributed by atoms with Gasteiger partial charge >= 0.3 is 73.1 Å². The topological polar surface area (TPSA) is 319 Å². The van der Waals surface area contributed by atoms with E-state index in [9.17, 15) is 137 Å². The molecule has 0 unspecified atom stereocenters. The first-order chi connectivity index (χ1) is 64.1. The third-order valence-corrected chi connectivity index (χ3v) is 22.9. The largest absolute Gasteiger partial charge is 0.478 e. The number of halogens is 18. The lowest BCUT2D eigenvalue weighted by Gasteiger charge is -2.38. The number of carboxylic acids is 1. The van der Waals surface area contributed by atoms with Crippen LogP contribution >= 0.6 is 0 Å². The molecule has 0 bridgehead atoms. The number of carboxylic acid groups (broad SMARTS) is 1. The number of hydrogen-bond donors (Lipinski definition) is 3. The first kappa shape index (κ1) is 99.7. The number of esters is 4. The van der Waals surface area contributed by atoms with Crippen LogP contribution in [0.4, 0.5) is 96.1 Å². The van der Waals surface area contributed by atoms with Crippen LogP contribution in [0.1, 0.15) is 177 Å². The lowest BCUT2D eigenvalue weighted by atomic mass is 9.72. The van der Waals surface area contributed by atoms with E-state index < -0.39 is 146 Å². The maximum Gasteiger partial charge on any atom is 0.411 e. The highest BCUT2D eigenvalue weighted by Crippen LogP contribution is 2.60. The van der Waals surface area contributed by atoms with Crippen molar-refractivity contribution in [1.82, 2.24) is 4.90 Å². The number of anilines is 3. The molecule has 4 aliphatic heterocycles. The van der Waals surface area contributed by atoms with E-state index >= 15 is 0 Å². The van der Waals surface area contributed by atoms with Crippen LogP contribution < -0.4 is 16.4 Å². The monoisotopic (exact) mass is 1910 g/mol. The maximum absolute atomic E-state index is 14.5. The van der Waals surface area contributed by atoms with Crippen molar-refractivity contribution in [3.8, 4) is 33.4 Å². The molecule has 12 aromatic rings. The molecule has 0 aromatic heterocycles. The molecule has 137 heavy (non-hydrogen) atoms. The second-order valence-corrected chi connectivity index (χ2v) is 31.1. The van der Waals surface area contributed by atoms with Crippen molar-refractivity contribution >= 4 is 88.3 Å². The quantitative estimate of drug-likeness (QED) is 0.0202. The zero-order chi connectivity index (χ0) is 101. The Kier molecular flexibility index (Phi) is 27.4. The third-order valence-electron chi connectivity index (χ3n) is 22.9. The first-order valence-electron chi connectivity index (χ1n) is 39.9. The Hall–Kier alpha value is -16.3. The number of aryl methyl sites for hydroxylation is 2. The number of nitrogens with two attached hydrogens (primary N) is 2. The Labute approximate surface area is 761 Å². The standard InChI is InChI=1S/C34H26F6O4.C33H20F6N2O4.C16H6O6.C15H12F6N2.CO2/c1-3-29(41)27-17-12-24(19-28(27)31(43)44)22-8-10-23(11-9-22)30(42)18-21-6-15-26(16-7-21)32(33(35,36)37,34(38,39)40)25-13-4-20(2)5-14-25;1-17-3-7-20(8-4-17)31(32(34,35)36,33(37,38)39)21-9-11-22(12-10-21)41-29(44)24-14-6-19(16-26(24)30(41)45)18-5-13-23-25(15-18)28(43)40(2)27(23)42;17-13-9-3-1-7(5-11(9)15(19)21-13)8-2-4-10-12(6-8)16(20)22-14(10)18;16-14(17,18)13(15(19,20)21,9-1-5-11(22)6-2-9)10-3-7-12(23)8-4-10;2-1-3/h4-17,19H,3,18H2,1-2H3,(H,43,44);3-16H,1-2H3;1-6H;1-8H,22-23H2;. The second-order valence-electron chi connectivity index (χ2n) is 31.1. The van der Waals surface area contributed by atoms with Crippen molar-refractivity contribution < 1.29 is 156 Å². The number of carbonyl (C=O) groups excluding carboxylic acids is 12. The molecule has 38 heteroatoms. The van der Waals surface area contributed by atoms with E-state index in [2.05, 4.69) is 9.47 Å². The van der Waals surface area contributed by atoms with E-state index in [1.165, 1.54) is 105 Å². The number of ketones is 2. The van der Waals surface area contributed by atoms with Crippen LogP contribution in [0.5, 0.6) is 0 Å². The average molecular weight is 1910 g/mol. The highest BCUT2D eigenvalue weighted by Gasteiger charge is 2.75. The van der Waals surface area contributed by atoms with E-state index in [0.29, 0.717) is 61.5 Å². The summed E-state index contributed by atoms with van der Waals surface area (Å²) in [7, 11) is 1.35. The van der Waals surface area contributed by atoms with Gasteiger partial charge in [-0.2, -0.15) is 88.6 Å². The number of nitrogen functional groups attached to an aromatic ring is 2. The van der Waals surface area contributed by atoms with Crippen LogP contribution in [0.15, 0.2) is 261 Å². The molecule has 5 N–H and O–H groups in total. The fourth-order valence-electron chi connectivity index (χ4n) is 15.9. The highest BCUT2D eigenvalue weighted by molar-refractivity contribution is 6.35. The van der Waals surface area contributed by atoms with Crippen LogP contribution in [-0.2, 0) is 41.7 Å². The number of rotatable bonds is 16.